The van der Waals surface area contributed by atoms with Crippen LogP contribution >= 0.6 is 0 Å². The van der Waals surface area contributed by atoms with Crippen LogP contribution in [0.25, 0.3) is 0 Å². The first-order valence-corrected chi connectivity index (χ1v) is 24.5. The molecule has 11 N–H and O–H groups in total. The highest BCUT2D eigenvalue weighted by molar-refractivity contribution is 5.36. The standard InChI is InChI=1S/C48H78O18/c1-22-30(53)37(65-39-35(58)33(56)31(54)23(18-49)62-39)38(66-40-36(59)34(57)32(55)24(19-50)63-40)41(61-22)64-29-10-11-43(4)25(44(29,5)20-51)8-12-45(6)26(43)9-13-48-27-16-42(2,3)14-15-47(27,21-60-48)28(52)17-46(45,48)7/h9,13,22-41,49-59H,8,10-12,14-21H2,1-7H3/t22-,23-,24-,25-,26-,27-,28+,29+,30+,31-,32-,33+,34+,35-,36-,37+,38-,39+,40+,41+,43+,44+,45-,46+,47?,48?/m1/s1. The topological polar surface area (TPSA) is 287 Å². The average molecular weight is 943 g/mol. The summed E-state index contributed by atoms with van der Waals surface area (Å²) in [5.41, 5.74) is -2.52. The minimum absolute atomic E-state index is 0.0615. The van der Waals surface area contributed by atoms with Crippen molar-refractivity contribution >= 4 is 0 Å². The van der Waals surface area contributed by atoms with Crippen molar-refractivity contribution in [2.24, 2.45) is 50.2 Å². The molecule has 26 atom stereocenters. The third-order valence-electron chi connectivity index (χ3n) is 20.0. The van der Waals surface area contributed by atoms with Gasteiger partial charge < -0.3 is 89.3 Å². The molecule has 0 aromatic heterocycles. The van der Waals surface area contributed by atoms with Gasteiger partial charge in [0.25, 0.3) is 0 Å². The van der Waals surface area contributed by atoms with Gasteiger partial charge in [0.15, 0.2) is 18.9 Å². The molecule has 4 saturated carbocycles. The van der Waals surface area contributed by atoms with Crippen LogP contribution in [0.15, 0.2) is 12.2 Å². The summed E-state index contributed by atoms with van der Waals surface area (Å²) in [6.07, 6.45) is -14.3. The van der Waals surface area contributed by atoms with E-state index in [1.807, 2.05) is 6.92 Å². The maximum absolute atomic E-state index is 12.3. The lowest BCUT2D eigenvalue weighted by molar-refractivity contribution is -0.398. The number of ether oxygens (including phenoxy) is 7. The van der Waals surface area contributed by atoms with Crippen molar-refractivity contribution in [2.45, 2.75) is 210 Å². The van der Waals surface area contributed by atoms with Gasteiger partial charge in [-0.1, -0.05) is 53.7 Å². The zero-order chi connectivity index (χ0) is 47.9. The number of aliphatic hydroxyl groups is 11. The van der Waals surface area contributed by atoms with E-state index in [2.05, 4.69) is 46.8 Å². The molecular formula is C48H78O18. The average Bonchev–Trinajstić information content (AvgIpc) is 3.55. The zero-order valence-corrected chi connectivity index (χ0v) is 39.5. The molecule has 5 aliphatic carbocycles. The molecule has 0 aromatic rings. The number of allylic oxidation sites excluding steroid dienone is 1. The fraction of sp³-hybridized carbons (Fsp3) is 0.958. The Labute approximate surface area is 387 Å². The Morgan fingerprint density at radius 1 is 0.606 bits per heavy atom. The molecule has 1 spiro atoms. The second kappa shape index (κ2) is 17.1. The summed E-state index contributed by atoms with van der Waals surface area (Å²) < 4.78 is 44.4. The van der Waals surface area contributed by atoms with E-state index in [0.29, 0.717) is 25.9 Å². The van der Waals surface area contributed by atoms with Crippen LogP contribution in [0, 0.1) is 50.2 Å². The van der Waals surface area contributed by atoms with Gasteiger partial charge in [-0.3, -0.25) is 0 Å². The third-order valence-corrected chi connectivity index (χ3v) is 20.0. The third kappa shape index (κ3) is 7.01. The van der Waals surface area contributed by atoms with Crippen LogP contribution in [0.4, 0.5) is 0 Å². The molecule has 18 heteroatoms. The fourth-order valence-electron chi connectivity index (χ4n) is 15.8. The van der Waals surface area contributed by atoms with Gasteiger partial charge >= 0.3 is 0 Å². The van der Waals surface area contributed by atoms with Crippen molar-refractivity contribution in [3.8, 4) is 0 Å². The summed E-state index contributed by atoms with van der Waals surface area (Å²) in [6, 6.07) is 0. The molecule has 9 rings (SSSR count). The van der Waals surface area contributed by atoms with Gasteiger partial charge in [0.2, 0.25) is 0 Å². The molecule has 378 valence electrons. The van der Waals surface area contributed by atoms with E-state index in [1.54, 1.807) is 6.92 Å². The predicted molar refractivity (Wildman–Crippen MR) is 229 cm³/mol. The molecule has 8 fully saturated rings. The van der Waals surface area contributed by atoms with Crippen LogP contribution in [0.1, 0.15) is 99.8 Å². The highest BCUT2D eigenvalue weighted by Gasteiger charge is 2.79. The Morgan fingerprint density at radius 2 is 1.21 bits per heavy atom. The van der Waals surface area contributed by atoms with Crippen molar-refractivity contribution in [1.82, 2.24) is 0 Å². The van der Waals surface area contributed by atoms with Crippen molar-refractivity contribution in [2.75, 3.05) is 26.4 Å². The molecule has 66 heavy (non-hydrogen) atoms. The van der Waals surface area contributed by atoms with Gasteiger partial charge in [-0.05, 0) is 86.4 Å². The number of aliphatic hydroxyl groups excluding tert-OH is 11. The van der Waals surface area contributed by atoms with Gasteiger partial charge in [-0.2, -0.15) is 0 Å². The number of hydrogen-bond acceptors (Lipinski definition) is 18. The summed E-state index contributed by atoms with van der Waals surface area (Å²) in [4.78, 5) is 0. The van der Waals surface area contributed by atoms with Crippen LogP contribution < -0.4 is 0 Å². The minimum atomic E-state index is -1.88. The summed E-state index contributed by atoms with van der Waals surface area (Å²) in [7, 11) is 0. The van der Waals surface area contributed by atoms with E-state index in [9.17, 15) is 56.2 Å². The van der Waals surface area contributed by atoms with Crippen molar-refractivity contribution in [3.63, 3.8) is 0 Å². The van der Waals surface area contributed by atoms with E-state index in [0.717, 1.165) is 32.1 Å². The Kier molecular flexibility index (Phi) is 12.9. The van der Waals surface area contributed by atoms with Crippen LogP contribution in [-0.2, 0) is 33.2 Å². The molecule has 0 aromatic carbocycles. The molecule has 9 aliphatic rings. The predicted octanol–water partition coefficient (Wildman–Crippen LogP) is -0.399. The van der Waals surface area contributed by atoms with Crippen LogP contribution in [0.5, 0.6) is 0 Å². The van der Waals surface area contributed by atoms with Gasteiger partial charge in [0.05, 0.1) is 50.3 Å². The number of fused-ring (bicyclic) bond motifs is 4. The summed E-state index contributed by atoms with van der Waals surface area (Å²) in [5.74, 6) is 0.167. The number of rotatable bonds is 9. The summed E-state index contributed by atoms with van der Waals surface area (Å²) >= 11 is 0. The van der Waals surface area contributed by atoms with Gasteiger partial charge in [-0.25, -0.2) is 0 Å². The highest BCUT2D eigenvalue weighted by atomic mass is 16.8. The molecule has 4 aliphatic heterocycles. The maximum atomic E-state index is 12.3. The lowest BCUT2D eigenvalue weighted by atomic mass is 9.32. The second-order valence-electron chi connectivity index (χ2n) is 23.8. The van der Waals surface area contributed by atoms with Crippen LogP contribution in [0.2, 0.25) is 0 Å². The molecule has 18 nitrogen and oxygen atoms in total. The monoisotopic (exact) mass is 943 g/mol. The first-order chi connectivity index (χ1) is 30.9. The maximum Gasteiger partial charge on any atom is 0.187 e. The Hall–Kier alpha value is -0.980. The Balaban J connectivity index is 1.03. The van der Waals surface area contributed by atoms with Crippen molar-refractivity contribution < 1.29 is 89.3 Å². The molecule has 4 saturated heterocycles. The molecule has 4 heterocycles. The SMILES string of the molecule is C[C@H]1O[C@@H](O[C@H]2CC[C@@]3(C)[C@@H](CC[C@]4(C)[C@@H]3C=CC35OCC6(CCC(C)(C)C[C@H]63)[C@@H](O)C[C@]54C)[C@]2(C)CO)[C@H](O[C@@H]2O[C@H](CO)[C@@H](O)[C@H](O)[C@H]2O)[C@@H](O[C@@H]2O[C@H](CO)[C@@H](O)[C@H](O)[C@H]2O)[C@H]1O. The molecular weight excluding hydrogens is 865 g/mol. The van der Waals surface area contributed by atoms with E-state index in [1.165, 1.54) is 0 Å². The second-order valence-corrected chi connectivity index (χ2v) is 23.8. The fourth-order valence-corrected chi connectivity index (χ4v) is 15.8. The van der Waals surface area contributed by atoms with Gasteiger partial charge in [-0.15, -0.1) is 0 Å². The van der Waals surface area contributed by atoms with Crippen LogP contribution in [0.3, 0.4) is 0 Å². The quantitative estimate of drug-likeness (QED) is 0.104. The minimum Gasteiger partial charge on any atom is -0.396 e. The highest BCUT2D eigenvalue weighted by Crippen LogP contribution is 2.79. The van der Waals surface area contributed by atoms with Gasteiger partial charge in [0.1, 0.15) is 67.1 Å². The van der Waals surface area contributed by atoms with E-state index in [4.69, 9.17) is 33.2 Å². The number of hydrogen-bond donors (Lipinski definition) is 11. The molecule has 2 bridgehead atoms. The molecule has 2 unspecified atom stereocenters. The smallest absolute Gasteiger partial charge is 0.187 e. The first-order valence-electron chi connectivity index (χ1n) is 24.5. The Morgan fingerprint density at radius 3 is 1.80 bits per heavy atom. The summed E-state index contributed by atoms with van der Waals surface area (Å²) in [5, 5.41) is 120. The molecule has 0 amide bonds. The van der Waals surface area contributed by atoms with Gasteiger partial charge in [0, 0.05) is 22.2 Å². The lowest BCUT2D eigenvalue weighted by Gasteiger charge is -2.73. The Bertz CT molecular complexity index is 1800. The largest absolute Gasteiger partial charge is 0.396 e. The normalized spacial score (nSPS) is 58.8. The first kappa shape index (κ1) is 50.0. The van der Waals surface area contributed by atoms with Crippen molar-refractivity contribution in [1.29, 1.82) is 0 Å². The van der Waals surface area contributed by atoms with E-state index >= 15 is 0 Å². The lowest BCUT2D eigenvalue weighted by Crippen LogP contribution is -2.72. The van der Waals surface area contributed by atoms with E-state index in [-0.39, 0.29) is 51.4 Å². The van der Waals surface area contributed by atoms with E-state index < -0.39 is 129 Å². The molecule has 0 radical (unpaired) electrons. The summed E-state index contributed by atoms with van der Waals surface area (Å²) in [6.45, 7) is 14.1. The van der Waals surface area contributed by atoms with Crippen LogP contribution in [-0.4, -0.2) is 193 Å². The van der Waals surface area contributed by atoms with Crippen molar-refractivity contribution in [3.05, 3.63) is 12.2 Å². The zero-order valence-electron chi connectivity index (χ0n) is 39.5.